The van der Waals surface area contributed by atoms with E-state index < -0.39 is 90.4 Å². The van der Waals surface area contributed by atoms with Crippen molar-refractivity contribution < 1.29 is 76.9 Å². The normalized spacial score (nSPS) is 21.0. The smallest absolute Gasteiger partial charge is 0.462 e. The molecule has 0 aliphatic heterocycles. The predicted octanol–water partition coefficient (Wildman–Crippen LogP) is 7.74. The molecular weight excluding hydrogens is 834 g/mol. The summed E-state index contributed by atoms with van der Waals surface area (Å²) in [4.78, 5) is 53.0. The Kier molecular flexibility index (Phi) is 32.0. The Morgan fingerprint density at radius 2 is 1.25 bits per heavy atom. The quantitative estimate of drug-likeness (QED) is 0.0135. The molecule has 18 heteroatoms. The van der Waals surface area contributed by atoms with E-state index in [9.17, 15) is 44.0 Å². The second kappa shape index (κ2) is 33.9. The lowest BCUT2D eigenvalue weighted by molar-refractivity contribution is -0.160. The Labute approximate surface area is 364 Å². The van der Waals surface area contributed by atoms with Crippen LogP contribution in [0.15, 0.2) is 24.3 Å². The number of carbonyl (C=O) groups is 2. The number of esters is 2. The van der Waals surface area contributed by atoms with Crippen molar-refractivity contribution in [3.05, 3.63) is 24.3 Å². The zero-order valence-corrected chi connectivity index (χ0v) is 38.8. The van der Waals surface area contributed by atoms with Crippen molar-refractivity contribution in [3.8, 4) is 0 Å². The van der Waals surface area contributed by atoms with Crippen LogP contribution in [-0.4, -0.2) is 104 Å². The number of phosphoric ester groups is 2. The van der Waals surface area contributed by atoms with Crippen molar-refractivity contribution in [2.24, 2.45) is 17.8 Å². The summed E-state index contributed by atoms with van der Waals surface area (Å²) < 4.78 is 47.8. The molecule has 1 saturated carbocycles. The van der Waals surface area contributed by atoms with Crippen LogP contribution >= 0.6 is 15.6 Å². The molecular formula is C43H80O16P2. The molecule has 0 spiro atoms. The van der Waals surface area contributed by atoms with Gasteiger partial charge < -0.3 is 44.6 Å². The van der Waals surface area contributed by atoms with Gasteiger partial charge in [0.25, 0.3) is 0 Å². The van der Waals surface area contributed by atoms with E-state index in [2.05, 4.69) is 29.8 Å². The fourth-order valence-corrected chi connectivity index (χ4v) is 8.25. The summed E-state index contributed by atoms with van der Waals surface area (Å²) in [6, 6.07) is 0. The molecule has 0 aromatic carbocycles. The monoisotopic (exact) mass is 914 g/mol. The van der Waals surface area contributed by atoms with Crippen molar-refractivity contribution in [1.82, 2.24) is 0 Å². The Bertz CT molecular complexity index is 1310. The van der Waals surface area contributed by atoms with Gasteiger partial charge in [-0.2, -0.15) is 0 Å². The molecule has 0 saturated heterocycles. The first kappa shape index (κ1) is 57.5. The first-order valence-corrected chi connectivity index (χ1v) is 25.7. The van der Waals surface area contributed by atoms with Crippen LogP contribution in [0.5, 0.6) is 0 Å². The summed E-state index contributed by atoms with van der Waals surface area (Å²) >= 11 is 0. The van der Waals surface area contributed by atoms with Gasteiger partial charge in [-0.05, 0) is 31.1 Å². The summed E-state index contributed by atoms with van der Waals surface area (Å²) in [5.74, 6) is -1.28. The van der Waals surface area contributed by atoms with Crippen molar-refractivity contribution in [3.63, 3.8) is 0 Å². The van der Waals surface area contributed by atoms with Crippen LogP contribution in [0.2, 0.25) is 0 Å². The fraction of sp³-hybridized carbons (Fsp3) is 0.860. The van der Waals surface area contributed by atoms with E-state index in [1.165, 1.54) is 63.9 Å². The van der Waals surface area contributed by atoms with E-state index in [0.29, 0.717) is 19.3 Å². The summed E-state index contributed by atoms with van der Waals surface area (Å²) in [6.07, 6.45) is 21.6. The Balaban J connectivity index is 2.60. The SMILES string of the molecule is CCCCC[C@@H](O)/C=C/[C@@H]1[C@H](C/C=C\CC(=O)O[C@H](COC(=O)CCCCCCCCCCCCCCCC(C)C)COP(=O)(O)OC[C@@H](O)COP(=O)(O)O)[C@@H](O)C[C@H]1O. The van der Waals surface area contributed by atoms with Crippen LogP contribution in [0.3, 0.4) is 0 Å². The maximum atomic E-state index is 12.8. The number of rotatable bonds is 38. The van der Waals surface area contributed by atoms with Crippen LogP contribution in [0.25, 0.3) is 0 Å². The molecule has 1 rings (SSSR count). The number of hydrogen-bond donors (Lipinski definition) is 7. The summed E-state index contributed by atoms with van der Waals surface area (Å²) in [6.45, 7) is 3.60. The second-order valence-electron chi connectivity index (χ2n) is 16.8. The molecule has 0 aromatic rings. The zero-order chi connectivity index (χ0) is 45.5. The van der Waals surface area contributed by atoms with E-state index in [1.54, 1.807) is 18.2 Å². The van der Waals surface area contributed by atoms with Crippen LogP contribution < -0.4 is 0 Å². The molecule has 1 aliphatic rings. The summed E-state index contributed by atoms with van der Waals surface area (Å²) in [7, 11) is -9.80. The van der Waals surface area contributed by atoms with Crippen LogP contribution in [0.4, 0.5) is 0 Å². The molecule has 7 N–H and O–H groups in total. The van der Waals surface area contributed by atoms with E-state index >= 15 is 0 Å². The van der Waals surface area contributed by atoms with Crippen LogP contribution in [-0.2, 0) is 41.8 Å². The number of carbonyl (C=O) groups excluding carboxylic acids is 2. The first-order chi connectivity index (χ1) is 28.9. The number of ether oxygens (including phenoxy) is 2. The molecule has 0 bridgehead atoms. The number of aliphatic hydroxyl groups is 4. The third-order valence-electron chi connectivity index (χ3n) is 10.6. The Morgan fingerprint density at radius 3 is 1.84 bits per heavy atom. The van der Waals surface area contributed by atoms with Crippen LogP contribution in [0, 0.1) is 17.8 Å². The van der Waals surface area contributed by atoms with Crippen molar-refractivity contribution in [2.45, 2.75) is 193 Å². The summed E-state index contributed by atoms with van der Waals surface area (Å²) in [5.41, 5.74) is 0. The molecule has 1 fully saturated rings. The highest BCUT2D eigenvalue weighted by atomic mass is 31.2. The lowest BCUT2D eigenvalue weighted by atomic mass is 9.89. The molecule has 358 valence electrons. The Morgan fingerprint density at radius 1 is 0.689 bits per heavy atom. The zero-order valence-electron chi connectivity index (χ0n) is 37.0. The van der Waals surface area contributed by atoms with Gasteiger partial charge in [-0.15, -0.1) is 0 Å². The van der Waals surface area contributed by atoms with Gasteiger partial charge in [0.15, 0.2) is 6.10 Å². The number of hydrogen-bond acceptors (Lipinski definition) is 13. The lowest BCUT2D eigenvalue weighted by Crippen LogP contribution is -2.29. The first-order valence-electron chi connectivity index (χ1n) is 22.6. The van der Waals surface area contributed by atoms with Crippen molar-refractivity contribution in [2.75, 3.05) is 26.4 Å². The predicted molar refractivity (Wildman–Crippen MR) is 232 cm³/mol. The molecule has 1 aliphatic carbocycles. The topological polar surface area (TPSA) is 256 Å². The minimum absolute atomic E-state index is 0.132. The number of unbranched alkanes of at least 4 members (excludes halogenated alkanes) is 14. The van der Waals surface area contributed by atoms with Gasteiger partial charge >= 0.3 is 27.6 Å². The average molecular weight is 915 g/mol. The highest BCUT2D eigenvalue weighted by Crippen LogP contribution is 2.44. The van der Waals surface area contributed by atoms with Gasteiger partial charge in [0.05, 0.1) is 44.6 Å². The van der Waals surface area contributed by atoms with Gasteiger partial charge in [-0.25, -0.2) is 9.13 Å². The van der Waals surface area contributed by atoms with E-state index in [-0.39, 0.29) is 25.2 Å². The van der Waals surface area contributed by atoms with Crippen molar-refractivity contribution >= 4 is 27.6 Å². The Hall–Kier alpha value is -1.52. The number of phosphoric acid groups is 2. The van der Waals surface area contributed by atoms with Gasteiger partial charge in [-0.3, -0.25) is 23.2 Å². The highest BCUT2D eigenvalue weighted by molar-refractivity contribution is 7.47. The minimum Gasteiger partial charge on any atom is -0.462 e. The third kappa shape index (κ3) is 31.9. The number of allylic oxidation sites excluding steroid dienone is 1. The average Bonchev–Trinajstić information content (AvgIpc) is 3.46. The van der Waals surface area contributed by atoms with Crippen molar-refractivity contribution in [1.29, 1.82) is 0 Å². The van der Waals surface area contributed by atoms with Gasteiger partial charge in [0, 0.05) is 18.8 Å². The van der Waals surface area contributed by atoms with E-state index in [0.717, 1.165) is 50.9 Å². The van der Waals surface area contributed by atoms with Gasteiger partial charge in [0.2, 0.25) is 0 Å². The number of aliphatic hydroxyl groups excluding tert-OH is 4. The van der Waals surface area contributed by atoms with Crippen LogP contribution in [0.1, 0.15) is 162 Å². The standard InChI is InChI=1S/C43H80O16P2/c1-4-5-17-23-35(44)27-28-39-38(40(46)29-41(39)47)24-20-21-26-43(49)59-37(33-58-61(53,54)57-31-36(45)30-56-60(50,51)52)32-55-42(48)25-19-16-14-12-10-8-6-7-9-11-13-15-18-22-34(2)3/h20-21,27-28,34-41,44-47H,4-19,22-26,29-33H2,1-3H3,(H,53,54)(H2,50,51,52)/b21-20-,28-27+/t35-,36+,37-,38+,39-,40+,41-/m1/s1. The van der Waals surface area contributed by atoms with Gasteiger partial charge in [0.1, 0.15) is 12.7 Å². The molecule has 8 atom stereocenters. The van der Waals surface area contributed by atoms with E-state index in [1.807, 2.05) is 0 Å². The molecule has 0 heterocycles. The highest BCUT2D eigenvalue weighted by Gasteiger charge is 2.39. The molecule has 1 unspecified atom stereocenters. The molecule has 0 aromatic heterocycles. The second-order valence-corrected chi connectivity index (χ2v) is 19.5. The third-order valence-corrected chi connectivity index (χ3v) is 12.0. The minimum atomic E-state index is -4.90. The summed E-state index contributed by atoms with van der Waals surface area (Å²) in [5, 5.41) is 41.2. The maximum absolute atomic E-state index is 12.8. The lowest BCUT2D eigenvalue weighted by Gasteiger charge is -2.20. The molecule has 16 nitrogen and oxygen atoms in total. The molecule has 0 amide bonds. The maximum Gasteiger partial charge on any atom is 0.472 e. The molecule has 61 heavy (non-hydrogen) atoms. The van der Waals surface area contributed by atoms with E-state index in [4.69, 9.17) is 23.8 Å². The van der Waals surface area contributed by atoms with Gasteiger partial charge in [-0.1, -0.05) is 148 Å². The fourth-order valence-electron chi connectivity index (χ4n) is 7.10. The largest absolute Gasteiger partial charge is 0.472 e. The molecule has 0 radical (unpaired) electrons.